The molecule has 0 aliphatic heterocycles. The number of rotatable bonds is 13. The minimum Gasteiger partial charge on any atom is -0.493 e. The number of amides is 1. The molecule has 0 fully saturated rings. The van der Waals surface area contributed by atoms with Gasteiger partial charge in [-0.25, -0.2) is 4.98 Å². The first-order chi connectivity index (χ1) is 16.9. The minimum atomic E-state index is -0.118. The fourth-order valence-corrected chi connectivity index (χ4v) is 4.42. The van der Waals surface area contributed by atoms with Gasteiger partial charge in [-0.1, -0.05) is 30.0 Å². The average molecular weight is 500 g/mol. The monoisotopic (exact) mass is 499 g/mol. The maximum atomic E-state index is 13.1. The summed E-state index contributed by atoms with van der Waals surface area (Å²) >= 11 is 1.27. The molecule has 2 aromatic carbocycles. The number of nitrogens with zero attached hydrogens (tertiary/aromatic N) is 2. The lowest BCUT2D eigenvalue weighted by molar-refractivity contribution is -0.118. The van der Waals surface area contributed by atoms with Gasteiger partial charge >= 0.3 is 0 Å². The maximum Gasteiger partial charge on any atom is 0.262 e. The van der Waals surface area contributed by atoms with Crippen LogP contribution >= 0.6 is 11.8 Å². The highest BCUT2D eigenvalue weighted by Crippen LogP contribution is 2.27. The summed E-state index contributed by atoms with van der Waals surface area (Å²) in [6.07, 6.45) is 1.48. The van der Waals surface area contributed by atoms with Crippen LogP contribution in [-0.2, 0) is 22.5 Å². The quantitative estimate of drug-likeness (QED) is 0.218. The molecule has 8 nitrogen and oxygen atoms in total. The van der Waals surface area contributed by atoms with Gasteiger partial charge in [-0.2, -0.15) is 0 Å². The summed E-state index contributed by atoms with van der Waals surface area (Å²) in [5, 5.41) is 4.04. The van der Waals surface area contributed by atoms with Crippen molar-refractivity contribution in [3.05, 3.63) is 58.4 Å². The number of hydrogen-bond acceptors (Lipinski definition) is 7. The van der Waals surface area contributed by atoms with Gasteiger partial charge in [0, 0.05) is 19.7 Å². The van der Waals surface area contributed by atoms with Crippen molar-refractivity contribution >= 4 is 28.6 Å². The lowest BCUT2D eigenvalue weighted by Crippen LogP contribution is -2.28. The molecule has 0 atom stereocenters. The zero-order valence-corrected chi connectivity index (χ0v) is 21.5. The molecule has 0 aliphatic rings. The maximum absolute atomic E-state index is 13.1. The van der Waals surface area contributed by atoms with E-state index in [4.69, 9.17) is 14.2 Å². The molecule has 1 amide bonds. The average Bonchev–Trinajstić information content (AvgIpc) is 2.86. The molecule has 1 N–H and O–H groups in total. The van der Waals surface area contributed by atoms with Crippen molar-refractivity contribution in [1.29, 1.82) is 0 Å². The van der Waals surface area contributed by atoms with Gasteiger partial charge in [-0.05, 0) is 56.5 Å². The molecule has 1 aromatic heterocycles. The molecule has 0 bridgehead atoms. The number of benzene rings is 2. The number of thioether (sulfide) groups is 1. The zero-order valence-electron chi connectivity index (χ0n) is 20.7. The summed E-state index contributed by atoms with van der Waals surface area (Å²) in [6, 6.07) is 13.0. The van der Waals surface area contributed by atoms with Gasteiger partial charge in [0.2, 0.25) is 5.91 Å². The Morgan fingerprint density at radius 1 is 1.11 bits per heavy atom. The van der Waals surface area contributed by atoms with E-state index in [9.17, 15) is 9.59 Å². The van der Waals surface area contributed by atoms with Crippen LogP contribution in [0.1, 0.15) is 25.8 Å². The highest BCUT2D eigenvalue weighted by atomic mass is 32.2. The van der Waals surface area contributed by atoms with E-state index in [1.165, 1.54) is 11.8 Å². The van der Waals surface area contributed by atoms with Crippen molar-refractivity contribution in [2.45, 2.75) is 44.5 Å². The fraction of sp³-hybridized carbons (Fsp3) is 0.423. The molecule has 0 aliphatic carbocycles. The topological polar surface area (TPSA) is 91.7 Å². The molecular formula is C26H33N3O5S. The minimum absolute atomic E-state index is 0.100. The summed E-state index contributed by atoms with van der Waals surface area (Å²) in [5.74, 6) is 1.37. The molecule has 35 heavy (non-hydrogen) atoms. The van der Waals surface area contributed by atoms with Crippen molar-refractivity contribution in [2.24, 2.45) is 0 Å². The largest absolute Gasteiger partial charge is 0.493 e. The number of carbonyl (C=O) groups is 1. The first-order valence-electron chi connectivity index (χ1n) is 11.6. The normalized spacial score (nSPS) is 11.1. The van der Waals surface area contributed by atoms with E-state index < -0.39 is 0 Å². The number of nitrogens with one attached hydrogen (secondary N) is 1. The summed E-state index contributed by atoms with van der Waals surface area (Å²) in [4.78, 5) is 30.3. The van der Waals surface area contributed by atoms with Crippen LogP contribution in [0.4, 0.5) is 0 Å². The van der Waals surface area contributed by atoms with Crippen LogP contribution in [0.3, 0.4) is 0 Å². The Hall–Kier alpha value is -3.04. The Morgan fingerprint density at radius 3 is 2.63 bits per heavy atom. The summed E-state index contributed by atoms with van der Waals surface area (Å²) < 4.78 is 17.9. The number of hydrogen-bond donors (Lipinski definition) is 1. The van der Waals surface area contributed by atoms with Crippen LogP contribution in [0, 0.1) is 0 Å². The third kappa shape index (κ3) is 7.47. The van der Waals surface area contributed by atoms with E-state index in [0.29, 0.717) is 60.1 Å². The summed E-state index contributed by atoms with van der Waals surface area (Å²) in [6.45, 7) is 5.48. The van der Waals surface area contributed by atoms with E-state index in [1.807, 2.05) is 50.2 Å². The van der Waals surface area contributed by atoms with E-state index in [2.05, 4.69) is 10.3 Å². The molecule has 0 radical (unpaired) electrons. The molecule has 0 saturated heterocycles. The Balaban J connectivity index is 1.61. The zero-order chi connectivity index (χ0) is 25.2. The van der Waals surface area contributed by atoms with Crippen LogP contribution in [0.25, 0.3) is 10.9 Å². The van der Waals surface area contributed by atoms with Gasteiger partial charge in [-0.3, -0.25) is 14.2 Å². The standard InChI is InChI=1S/C26H33N3O5S/c1-18(2)34-15-7-14-29-25(31)20-8-5-6-9-21(20)28-26(29)35-17-24(30)27-13-12-19-10-11-22(32-3)23(16-19)33-4/h5-6,8-11,16,18H,7,12-15,17H2,1-4H3,(H,27,30). The highest BCUT2D eigenvalue weighted by molar-refractivity contribution is 7.99. The number of carbonyl (C=O) groups excluding carboxylic acids is 1. The van der Waals surface area contributed by atoms with Crippen molar-refractivity contribution in [1.82, 2.24) is 14.9 Å². The van der Waals surface area contributed by atoms with Gasteiger partial charge < -0.3 is 19.5 Å². The Labute approximate surface area is 210 Å². The number of ether oxygens (including phenoxy) is 3. The van der Waals surface area contributed by atoms with Gasteiger partial charge in [0.05, 0.1) is 37.0 Å². The molecule has 3 aromatic rings. The number of fused-ring (bicyclic) bond motifs is 1. The number of methoxy groups -OCH3 is 2. The molecule has 0 spiro atoms. The van der Waals surface area contributed by atoms with Gasteiger partial charge in [-0.15, -0.1) is 0 Å². The van der Waals surface area contributed by atoms with E-state index in [-0.39, 0.29) is 23.3 Å². The summed E-state index contributed by atoms with van der Waals surface area (Å²) in [7, 11) is 3.19. The third-order valence-corrected chi connectivity index (χ3v) is 6.30. The van der Waals surface area contributed by atoms with Crippen LogP contribution in [0.2, 0.25) is 0 Å². The molecular weight excluding hydrogens is 466 g/mol. The molecule has 188 valence electrons. The predicted octanol–water partition coefficient (Wildman–Crippen LogP) is 3.68. The van der Waals surface area contributed by atoms with Crippen LogP contribution in [0.15, 0.2) is 52.4 Å². The van der Waals surface area contributed by atoms with Crippen LogP contribution in [0.5, 0.6) is 11.5 Å². The van der Waals surface area contributed by atoms with E-state index in [0.717, 1.165) is 5.56 Å². The Kier molecular flexibility index (Phi) is 9.98. The predicted molar refractivity (Wildman–Crippen MR) is 139 cm³/mol. The van der Waals surface area contributed by atoms with E-state index in [1.54, 1.807) is 24.9 Å². The first-order valence-corrected chi connectivity index (χ1v) is 12.6. The van der Waals surface area contributed by atoms with Crippen molar-refractivity contribution in [2.75, 3.05) is 33.1 Å². The Bertz CT molecular complexity index is 1200. The van der Waals surface area contributed by atoms with Gasteiger partial charge in [0.15, 0.2) is 16.7 Å². The summed E-state index contributed by atoms with van der Waals surface area (Å²) in [5.41, 5.74) is 1.56. The molecule has 1 heterocycles. The second-order valence-corrected chi connectivity index (χ2v) is 9.16. The number of aromatic nitrogens is 2. The SMILES string of the molecule is COc1ccc(CCNC(=O)CSc2nc3ccccc3c(=O)n2CCCOC(C)C)cc1OC. The van der Waals surface area contributed by atoms with Crippen LogP contribution < -0.4 is 20.3 Å². The lowest BCUT2D eigenvalue weighted by atomic mass is 10.1. The molecule has 0 unspecified atom stereocenters. The van der Waals surface area contributed by atoms with Gasteiger partial charge in [0.1, 0.15) is 0 Å². The third-order valence-electron chi connectivity index (χ3n) is 5.32. The van der Waals surface area contributed by atoms with Crippen molar-refractivity contribution in [3.63, 3.8) is 0 Å². The van der Waals surface area contributed by atoms with Crippen molar-refractivity contribution in [3.8, 4) is 11.5 Å². The first kappa shape index (κ1) is 26.6. The van der Waals surface area contributed by atoms with Crippen molar-refractivity contribution < 1.29 is 19.0 Å². The second kappa shape index (κ2) is 13.2. The lowest BCUT2D eigenvalue weighted by Gasteiger charge is -2.14. The van der Waals surface area contributed by atoms with Crippen LogP contribution in [-0.4, -0.2) is 54.7 Å². The van der Waals surface area contributed by atoms with Gasteiger partial charge in [0.25, 0.3) is 5.56 Å². The van der Waals surface area contributed by atoms with E-state index >= 15 is 0 Å². The highest BCUT2D eigenvalue weighted by Gasteiger charge is 2.13. The molecule has 0 saturated carbocycles. The molecule has 3 rings (SSSR count). The number of para-hydroxylation sites is 1. The Morgan fingerprint density at radius 2 is 1.89 bits per heavy atom. The fourth-order valence-electron chi connectivity index (χ4n) is 3.56. The molecule has 9 heteroatoms. The smallest absolute Gasteiger partial charge is 0.262 e. The second-order valence-electron chi connectivity index (χ2n) is 8.22.